The fraction of sp³-hybridized carbons (Fsp3) is 0.500. The Bertz CT molecular complexity index is 357. The van der Waals surface area contributed by atoms with Crippen LogP contribution in [0.15, 0.2) is 30.3 Å². The molecule has 0 saturated heterocycles. The molecule has 0 radical (unpaired) electrons. The molecule has 3 nitrogen and oxygen atoms in total. The fourth-order valence-electron chi connectivity index (χ4n) is 1.79. The lowest BCUT2D eigenvalue weighted by molar-refractivity contribution is -0.173. The molecule has 3 heteroatoms. The second kappa shape index (κ2) is 5.82. The van der Waals surface area contributed by atoms with Gasteiger partial charge in [-0.15, -0.1) is 0 Å². The summed E-state index contributed by atoms with van der Waals surface area (Å²) in [4.78, 5) is 11.5. The molecule has 0 amide bonds. The standard InChI is InChI=1S/C14H20O3/c1-4-12(5-2)17-14(3,13(15)16)11-9-7-6-8-10-11/h6-10,12H,4-5H2,1-3H3,(H,15,16). The Labute approximate surface area is 102 Å². The van der Waals surface area contributed by atoms with E-state index in [4.69, 9.17) is 4.74 Å². The fourth-order valence-corrected chi connectivity index (χ4v) is 1.79. The van der Waals surface area contributed by atoms with E-state index in [1.54, 1.807) is 19.1 Å². The molecule has 1 N–H and O–H groups in total. The molecule has 0 spiro atoms. The van der Waals surface area contributed by atoms with Crippen LogP contribution in [-0.2, 0) is 15.1 Å². The SMILES string of the molecule is CCC(CC)OC(C)(C(=O)O)c1ccccc1. The van der Waals surface area contributed by atoms with Crippen LogP contribution in [0.1, 0.15) is 39.2 Å². The van der Waals surface area contributed by atoms with Crippen LogP contribution < -0.4 is 0 Å². The zero-order valence-corrected chi connectivity index (χ0v) is 10.6. The van der Waals surface area contributed by atoms with Gasteiger partial charge in [0.05, 0.1) is 6.10 Å². The summed E-state index contributed by atoms with van der Waals surface area (Å²) in [6.45, 7) is 5.62. The summed E-state index contributed by atoms with van der Waals surface area (Å²) in [7, 11) is 0. The minimum atomic E-state index is -1.27. The molecule has 1 atom stereocenters. The summed E-state index contributed by atoms with van der Waals surface area (Å²) in [5.74, 6) is -0.949. The Kier molecular flexibility index (Phi) is 4.70. The van der Waals surface area contributed by atoms with E-state index in [0.717, 1.165) is 12.8 Å². The maximum Gasteiger partial charge on any atom is 0.340 e. The van der Waals surface area contributed by atoms with E-state index in [-0.39, 0.29) is 6.10 Å². The summed E-state index contributed by atoms with van der Waals surface area (Å²) in [6, 6.07) is 9.09. The lowest BCUT2D eigenvalue weighted by Gasteiger charge is -2.30. The van der Waals surface area contributed by atoms with Gasteiger partial charge in [0, 0.05) is 0 Å². The number of benzene rings is 1. The van der Waals surface area contributed by atoms with Crippen molar-refractivity contribution in [3.63, 3.8) is 0 Å². The molecule has 0 aromatic heterocycles. The molecule has 0 aliphatic rings. The molecule has 0 saturated carbocycles. The second-order valence-corrected chi connectivity index (χ2v) is 4.26. The molecular weight excluding hydrogens is 216 g/mol. The Morgan fingerprint density at radius 2 is 1.82 bits per heavy atom. The molecule has 0 aliphatic heterocycles. The van der Waals surface area contributed by atoms with Gasteiger partial charge in [0.25, 0.3) is 0 Å². The predicted octanol–water partition coefficient (Wildman–Crippen LogP) is 3.19. The van der Waals surface area contributed by atoms with Gasteiger partial charge in [0.15, 0.2) is 5.60 Å². The monoisotopic (exact) mass is 236 g/mol. The van der Waals surface area contributed by atoms with Crippen LogP contribution in [0.25, 0.3) is 0 Å². The van der Waals surface area contributed by atoms with Crippen LogP contribution >= 0.6 is 0 Å². The van der Waals surface area contributed by atoms with Gasteiger partial charge >= 0.3 is 5.97 Å². The van der Waals surface area contributed by atoms with Gasteiger partial charge in [-0.05, 0) is 25.3 Å². The van der Waals surface area contributed by atoms with Crippen molar-refractivity contribution in [2.75, 3.05) is 0 Å². The molecule has 1 rings (SSSR count). The highest BCUT2D eigenvalue weighted by atomic mass is 16.5. The molecule has 1 aromatic rings. The first-order valence-corrected chi connectivity index (χ1v) is 6.01. The number of ether oxygens (including phenoxy) is 1. The number of carboxylic acid groups (broad SMARTS) is 1. The lowest BCUT2D eigenvalue weighted by atomic mass is 9.95. The van der Waals surface area contributed by atoms with Crippen molar-refractivity contribution in [3.05, 3.63) is 35.9 Å². The van der Waals surface area contributed by atoms with Gasteiger partial charge < -0.3 is 9.84 Å². The van der Waals surface area contributed by atoms with Gasteiger partial charge in [-0.1, -0.05) is 44.2 Å². The molecule has 94 valence electrons. The van der Waals surface area contributed by atoms with Crippen LogP contribution in [0.4, 0.5) is 0 Å². The third kappa shape index (κ3) is 3.07. The normalized spacial score (nSPS) is 14.6. The largest absolute Gasteiger partial charge is 0.479 e. The molecule has 0 heterocycles. The van der Waals surface area contributed by atoms with Gasteiger partial charge in [0.2, 0.25) is 0 Å². The molecule has 1 aromatic carbocycles. The number of carbonyl (C=O) groups is 1. The van der Waals surface area contributed by atoms with Crippen molar-refractivity contribution in [3.8, 4) is 0 Å². The van der Waals surface area contributed by atoms with E-state index in [2.05, 4.69) is 0 Å². The van der Waals surface area contributed by atoms with Crippen molar-refractivity contribution < 1.29 is 14.6 Å². The third-order valence-corrected chi connectivity index (χ3v) is 3.05. The average Bonchev–Trinajstić information content (AvgIpc) is 2.36. The minimum absolute atomic E-state index is 0.0312. The Morgan fingerprint density at radius 1 is 1.29 bits per heavy atom. The zero-order valence-electron chi connectivity index (χ0n) is 10.6. The van der Waals surface area contributed by atoms with Gasteiger partial charge in [-0.3, -0.25) is 0 Å². The van der Waals surface area contributed by atoms with Crippen molar-refractivity contribution in [2.45, 2.75) is 45.3 Å². The quantitative estimate of drug-likeness (QED) is 0.825. The maximum absolute atomic E-state index is 11.5. The summed E-state index contributed by atoms with van der Waals surface area (Å²) >= 11 is 0. The van der Waals surface area contributed by atoms with Gasteiger partial charge in [0.1, 0.15) is 0 Å². The first-order chi connectivity index (χ1) is 8.04. The highest BCUT2D eigenvalue weighted by molar-refractivity contribution is 5.78. The molecular formula is C14H20O3. The van der Waals surface area contributed by atoms with Crippen molar-refractivity contribution >= 4 is 5.97 Å². The number of rotatable bonds is 6. The van der Waals surface area contributed by atoms with Crippen LogP contribution in [0.3, 0.4) is 0 Å². The number of hydrogen-bond acceptors (Lipinski definition) is 2. The molecule has 17 heavy (non-hydrogen) atoms. The third-order valence-electron chi connectivity index (χ3n) is 3.05. The molecule has 0 aliphatic carbocycles. The van der Waals surface area contributed by atoms with E-state index >= 15 is 0 Å². The number of aliphatic carboxylic acids is 1. The summed E-state index contributed by atoms with van der Waals surface area (Å²) in [6.07, 6.45) is 1.59. The number of hydrogen-bond donors (Lipinski definition) is 1. The molecule has 0 bridgehead atoms. The predicted molar refractivity (Wildman–Crippen MR) is 66.9 cm³/mol. The van der Waals surface area contributed by atoms with Gasteiger partial charge in [-0.25, -0.2) is 4.79 Å². The van der Waals surface area contributed by atoms with Crippen LogP contribution in [0, 0.1) is 0 Å². The average molecular weight is 236 g/mol. The first-order valence-electron chi connectivity index (χ1n) is 6.01. The molecule has 1 unspecified atom stereocenters. The summed E-state index contributed by atoms with van der Waals surface area (Å²) in [5, 5.41) is 9.40. The van der Waals surface area contributed by atoms with Crippen LogP contribution in [-0.4, -0.2) is 17.2 Å². The van der Waals surface area contributed by atoms with Crippen molar-refractivity contribution in [1.29, 1.82) is 0 Å². The number of carboxylic acids is 1. The van der Waals surface area contributed by atoms with Gasteiger partial charge in [-0.2, -0.15) is 0 Å². The van der Waals surface area contributed by atoms with E-state index in [1.165, 1.54) is 0 Å². The Morgan fingerprint density at radius 3 is 2.24 bits per heavy atom. The Balaban J connectivity index is 3.02. The van der Waals surface area contributed by atoms with Crippen molar-refractivity contribution in [1.82, 2.24) is 0 Å². The first kappa shape index (κ1) is 13.7. The highest BCUT2D eigenvalue weighted by Gasteiger charge is 2.38. The van der Waals surface area contributed by atoms with E-state index in [9.17, 15) is 9.90 Å². The zero-order chi connectivity index (χ0) is 12.9. The minimum Gasteiger partial charge on any atom is -0.479 e. The second-order valence-electron chi connectivity index (χ2n) is 4.26. The van der Waals surface area contributed by atoms with Crippen molar-refractivity contribution in [2.24, 2.45) is 0 Å². The highest BCUT2D eigenvalue weighted by Crippen LogP contribution is 2.28. The van der Waals surface area contributed by atoms with E-state index < -0.39 is 11.6 Å². The topological polar surface area (TPSA) is 46.5 Å². The lowest BCUT2D eigenvalue weighted by Crippen LogP contribution is -2.38. The van der Waals surface area contributed by atoms with E-state index in [0.29, 0.717) is 5.56 Å². The molecule has 0 fully saturated rings. The van der Waals surface area contributed by atoms with Crippen LogP contribution in [0.5, 0.6) is 0 Å². The summed E-state index contributed by atoms with van der Waals surface area (Å²) < 4.78 is 5.78. The van der Waals surface area contributed by atoms with E-state index in [1.807, 2.05) is 32.0 Å². The Hall–Kier alpha value is -1.35. The maximum atomic E-state index is 11.5. The summed E-state index contributed by atoms with van der Waals surface area (Å²) in [5.41, 5.74) is -0.586. The van der Waals surface area contributed by atoms with Crippen LogP contribution in [0.2, 0.25) is 0 Å². The smallest absolute Gasteiger partial charge is 0.340 e.